The van der Waals surface area contributed by atoms with Gasteiger partial charge in [-0.25, -0.2) is 4.98 Å². The number of hydrogen-bond acceptors (Lipinski definition) is 8. The zero-order chi connectivity index (χ0) is 24.9. The van der Waals surface area contributed by atoms with Crippen molar-refractivity contribution in [2.75, 3.05) is 48.3 Å². The first-order chi connectivity index (χ1) is 17.6. The van der Waals surface area contributed by atoms with Crippen molar-refractivity contribution < 1.29 is 14.3 Å². The van der Waals surface area contributed by atoms with Crippen LogP contribution in [0, 0.1) is 0 Å². The van der Waals surface area contributed by atoms with Gasteiger partial charge in [0.15, 0.2) is 0 Å². The lowest BCUT2D eigenvalue weighted by Crippen LogP contribution is -2.46. The second-order valence-corrected chi connectivity index (χ2v) is 8.69. The van der Waals surface area contributed by atoms with Crippen LogP contribution in [0.4, 0.5) is 23.0 Å². The third kappa shape index (κ3) is 5.48. The molecule has 0 spiro atoms. The molecule has 9 nitrogen and oxygen atoms in total. The van der Waals surface area contributed by atoms with Gasteiger partial charge < -0.3 is 29.9 Å². The van der Waals surface area contributed by atoms with Gasteiger partial charge in [0.1, 0.15) is 5.75 Å². The van der Waals surface area contributed by atoms with Gasteiger partial charge in [0, 0.05) is 49.3 Å². The summed E-state index contributed by atoms with van der Waals surface area (Å²) in [6, 6.07) is 15.5. The SMILES string of the molecule is C=CC(=O)Nc1cccc(Oc2nc(Nc3ccc(N4CCN(CC)CC4)cc3)nc3c2COC3)c1. The van der Waals surface area contributed by atoms with Crippen molar-refractivity contribution in [1.82, 2.24) is 14.9 Å². The topological polar surface area (TPSA) is 91.8 Å². The van der Waals surface area contributed by atoms with Crippen molar-refractivity contribution >= 4 is 28.9 Å². The summed E-state index contributed by atoms with van der Waals surface area (Å²) in [5.41, 5.74) is 4.33. The molecule has 36 heavy (non-hydrogen) atoms. The number of carbonyl (C=O) groups excluding carboxylic acids is 1. The molecule has 9 heteroatoms. The van der Waals surface area contributed by atoms with E-state index < -0.39 is 0 Å². The molecule has 1 amide bonds. The zero-order valence-corrected chi connectivity index (χ0v) is 20.4. The molecule has 0 radical (unpaired) electrons. The van der Waals surface area contributed by atoms with Crippen molar-refractivity contribution in [2.45, 2.75) is 20.1 Å². The van der Waals surface area contributed by atoms with E-state index in [1.54, 1.807) is 24.3 Å². The number of piperazine rings is 1. The number of rotatable bonds is 8. The number of aromatic nitrogens is 2. The van der Waals surface area contributed by atoms with Crippen molar-refractivity contribution in [3.05, 3.63) is 72.4 Å². The van der Waals surface area contributed by atoms with Crippen molar-refractivity contribution in [2.24, 2.45) is 0 Å². The standard InChI is InChI=1S/C27H30N6O3/c1-3-25(34)28-20-6-5-7-22(16-20)36-26-23-17-35-18-24(23)30-27(31-26)29-19-8-10-21(11-9-19)33-14-12-32(4-2)13-15-33/h3,5-11,16H,1,4,12-15,17-18H2,2H3,(H,28,34)(H,29,30,31). The van der Waals surface area contributed by atoms with Gasteiger partial charge in [-0.2, -0.15) is 4.98 Å². The number of carbonyl (C=O) groups is 1. The maximum Gasteiger partial charge on any atom is 0.247 e. The van der Waals surface area contributed by atoms with Gasteiger partial charge in [0.25, 0.3) is 0 Å². The highest BCUT2D eigenvalue weighted by atomic mass is 16.5. The third-order valence-corrected chi connectivity index (χ3v) is 6.35. The zero-order valence-electron chi connectivity index (χ0n) is 20.4. The molecule has 1 saturated heterocycles. The Hall–Kier alpha value is -3.95. The molecule has 2 aliphatic rings. The van der Waals surface area contributed by atoms with Crippen LogP contribution in [-0.2, 0) is 22.7 Å². The molecule has 5 rings (SSSR count). The molecule has 186 valence electrons. The van der Waals surface area contributed by atoms with Gasteiger partial charge in [-0.1, -0.05) is 19.6 Å². The van der Waals surface area contributed by atoms with E-state index in [1.165, 1.54) is 11.8 Å². The lowest BCUT2D eigenvalue weighted by Gasteiger charge is -2.35. The van der Waals surface area contributed by atoms with Crippen LogP contribution < -0.4 is 20.3 Å². The van der Waals surface area contributed by atoms with E-state index in [2.05, 4.69) is 56.0 Å². The molecule has 0 aliphatic carbocycles. The number of nitrogens with zero attached hydrogens (tertiary/aromatic N) is 4. The first-order valence-electron chi connectivity index (χ1n) is 12.1. The number of amides is 1. The van der Waals surface area contributed by atoms with Crippen molar-refractivity contribution in [3.63, 3.8) is 0 Å². The number of anilines is 4. The molecule has 0 saturated carbocycles. The third-order valence-electron chi connectivity index (χ3n) is 6.35. The minimum Gasteiger partial charge on any atom is -0.438 e. The monoisotopic (exact) mass is 486 g/mol. The maximum atomic E-state index is 11.6. The number of hydrogen-bond donors (Lipinski definition) is 2. The van der Waals surface area contributed by atoms with Crippen LogP contribution in [0.15, 0.2) is 61.2 Å². The second-order valence-electron chi connectivity index (χ2n) is 8.69. The summed E-state index contributed by atoms with van der Waals surface area (Å²) >= 11 is 0. The second kappa shape index (κ2) is 10.8. The number of nitrogens with one attached hydrogen (secondary N) is 2. The van der Waals surface area contributed by atoms with Crippen LogP contribution in [0.2, 0.25) is 0 Å². The predicted molar refractivity (Wildman–Crippen MR) is 140 cm³/mol. The Kier molecular flexibility index (Phi) is 7.11. The average molecular weight is 487 g/mol. The predicted octanol–water partition coefficient (Wildman–Crippen LogP) is 4.31. The lowest BCUT2D eigenvalue weighted by atomic mass is 10.2. The number of likely N-dealkylation sites (N-methyl/N-ethyl adjacent to an activating group) is 1. The average Bonchev–Trinajstić information content (AvgIpc) is 3.38. The number of fused-ring (bicyclic) bond motifs is 1. The Morgan fingerprint density at radius 1 is 1.08 bits per heavy atom. The van der Waals surface area contributed by atoms with E-state index in [4.69, 9.17) is 9.47 Å². The number of ether oxygens (including phenoxy) is 2. The van der Waals surface area contributed by atoms with E-state index in [1.807, 2.05) is 12.1 Å². The molecular formula is C27H30N6O3. The molecule has 1 aromatic heterocycles. The molecule has 2 N–H and O–H groups in total. The first kappa shape index (κ1) is 23.8. The molecule has 0 unspecified atom stereocenters. The Bertz CT molecular complexity index is 1240. The Balaban J connectivity index is 1.31. The fraction of sp³-hybridized carbons (Fsp3) is 0.296. The van der Waals surface area contributed by atoms with Gasteiger partial charge in [-0.3, -0.25) is 4.79 Å². The van der Waals surface area contributed by atoms with Gasteiger partial charge in [-0.15, -0.1) is 0 Å². The highest BCUT2D eigenvalue weighted by Gasteiger charge is 2.22. The summed E-state index contributed by atoms with van der Waals surface area (Å²) in [5, 5.41) is 6.03. The van der Waals surface area contributed by atoms with Crippen LogP contribution in [-0.4, -0.2) is 53.5 Å². The summed E-state index contributed by atoms with van der Waals surface area (Å²) in [5.74, 6) is 1.12. The fourth-order valence-corrected chi connectivity index (χ4v) is 4.31. The van der Waals surface area contributed by atoms with Gasteiger partial charge >= 0.3 is 0 Å². The lowest BCUT2D eigenvalue weighted by molar-refractivity contribution is -0.111. The fourth-order valence-electron chi connectivity index (χ4n) is 4.31. The van der Waals surface area contributed by atoms with E-state index >= 15 is 0 Å². The van der Waals surface area contributed by atoms with Gasteiger partial charge in [0.05, 0.1) is 24.5 Å². The molecular weight excluding hydrogens is 456 g/mol. The Morgan fingerprint density at radius 3 is 2.64 bits per heavy atom. The van der Waals surface area contributed by atoms with E-state index in [9.17, 15) is 4.79 Å². The first-order valence-corrected chi connectivity index (χ1v) is 12.1. The summed E-state index contributed by atoms with van der Waals surface area (Å²) in [7, 11) is 0. The minimum absolute atomic E-state index is 0.288. The van der Waals surface area contributed by atoms with Crippen LogP contribution in [0.25, 0.3) is 0 Å². The quantitative estimate of drug-likeness (QED) is 0.455. The highest BCUT2D eigenvalue weighted by molar-refractivity contribution is 5.98. The normalized spacial score (nSPS) is 15.3. The molecule has 1 fully saturated rings. The number of benzene rings is 2. The highest BCUT2D eigenvalue weighted by Crippen LogP contribution is 2.33. The van der Waals surface area contributed by atoms with Crippen LogP contribution >= 0.6 is 0 Å². The minimum atomic E-state index is -0.288. The van der Waals surface area contributed by atoms with E-state index in [0.717, 1.165) is 49.7 Å². The largest absolute Gasteiger partial charge is 0.438 e. The summed E-state index contributed by atoms with van der Waals surface area (Å²) < 4.78 is 11.7. The summed E-state index contributed by atoms with van der Waals surface area (Å²) in [6.07, 6.45) is 1.22. The molecule has 2 aliphatic heterocycles. The summed E-state index contributed by atoms with van der Waals surface area (Å²) in [6.45, 7) is 11.8. The van der Waals surface area contributed by atoms with Gasteiger partial charge in [0.2, 0.25) is 17.7 Å². The smallest absolute Gasteiger partial charge is 0.247 e. The molecule has 3 aromatic rings. The molecule has 0 bridgehead atoms. The Labute approximate surface area is 210 Å². The summed E-state index contributed by atoms with van der Waals surface area (Å²) in [4.78, 5) is 25.8. The molecule has 2 aromatic carbocycles. The Morgan fingerprint density at radius 2 is 1.89 bits per heavy atom. The van der Waals surface area contributed by atoms with Gasteiger partial charge in [-0.05, 0) is 49.0 Å². The van der Waals surface area contributed by atoms with E-state index in [0.29, 0.717) is 36.5 Å². The van der Waals surface area contributed by atoms with Crippen LogP contribution in [0.3, 0.4) is 0 Å². The van der Waals surface area contributed by atoms with Crippen LogP contribution in [0.5, 0.6) is 11.6 Å². The molecule has 3 heterocycles. The maximum absolute atomic E-state index is 11.6. The van der Waals surface area contributed by atoms with Crippen molar-refractivity contribution in [1.29, 1.82) is 0 Å². The van der Waals surface area contributed by atoms with Crippen molar-refractivity contribution in [3.8, 4) is 11.6 Å². The molecule has 0 atom stereocenters. The van der Waals surface area contributed by atoms with Crippen LogP contribution in [0.1, 0.15) is 18.2 Å². The van der Waals surface area contributed by atoms with E-state index in [-0.39, 0.29) is 5.91 Å².